The van der Waals surface area contributed by atoms with Crippen molar-refractivity contribution in [2.24, 2.45) is 12.1 Å². The molecule has 1 N–H and O–H groups in total. The quantitative estimate of drug-likeness (QED) is 0.462. The minimum absolute atomic E-state index is 0.301. The van der Waals surface area contributed by atoms with E-state index in [-0.39, 0.29) is 5.91 Å². The molecular weight excluding hydrogens is 385 g/mol. The van der Waals surface area contributed by atoms with Crippen LogP contribution in [0.3, 0.4) is 0 Å². The molecule has 1 aromatic heterocycles. The van der Waals surface area contributed by atoms with Gasteiger partial charge in [-0.3, -0.25) is 4.79 Å². The van der Waals surface area contributed by atoms with Gasteiger partial charge in [0.25, 0.3) is 5.91 Å². The Morgan fingerprint density at radius 1 is 1.22 bits per heavy atom. The van der Waals surface area contributed by atoms with Crippen molar-refractivity contribution >= 4 is 46.2 Å². The number of hydrogen-bond donors (Lipinski definition) is 1. The summed E-state index contributed by atoms with van der Waals surface area (Å²) in [5.74, 6) is 0.155. The molecule has 1 amide bonds. The third kappa shape index (κ3) is 4.26. The standard InChI is InChI=1S/C20H19Cl2N3O2/c1-3-8-27-19-15(21)9-13(10-16(19)22)12-23-24-20(26)18-11-14-6-4-5-7-17(14)25(18)2/h4-7,9-12H,3,8H2,1-2H3,(H,24,26)/b23-12+. The van der Waals surface area contributed by atoms with Gasteiger partial charge in [0.05, 0.1) is 22.9 Å². The van der Waals surface area contributed by atoms with Crippen molar-refractivity contribution in [3.63, 3.8) is 0 Å². The molecule has 0 aliphatic carbocycles. The van der Waals surface area contributed by atoms with Crippen LogP contribution in [0.4, 0.5) is 0 Å². The van der Waals surface area contributed by atoms with Gasteiger partial charge >= 0.3 is 0 Å². The predicted octanol–water partition coefficient (Wildman–Crippen LogP) is 5.04. The Kier molecular flexibility index (Phi) is 6.04. The summed E-state index contributed by atoms with van der Waals surface area (Å²) in [5, 5.41) is 5.80. The summed E-state index contributed by atoms with van der Waals surface area (Å²) in [6.45, 7) is 2.54. The highest BCUT2D eigenvalue weighted by molar-refractivity contribution is 6.37. The maximum atomic E-state index is 12.4. The minimum atomic E-state index is -0.301. The molecular formula is C20H19Cl2N3O2. The zero-order valence-corrected chi connectivity index (χ0v) is 16.5. The number of fused-ring (bicyclic) bond motifs is 1. The molecule has 3 rings (SSSR count). The van der Waals surface area contributed by atoms with Gasteiger partial charge in [-0.05, 0) is 36.2 Å². The lowest BCUT2D eigenvalue weighted by molar-refractivity contribution is 0.0947. The van der Waals surface area contributed by atoms with E-state index in [1.54, 1.807) is 12.1 Å². The maximum absolute atomic E-state index is 12.4. The number of hydrogen-bond acceptors (Lipinski definition) is 3. The van der Waals surface area contributed by atoms with Crippen molar-refractivity contribution in [1.82, 2.24) is 9.99 Å². The van der Waals surface area contributed by atoms with Crippen LogP contribution in [-0.4, -0.2) is 23.3 Å². The third-order valence-electron chi connectivity index (χ3n) is 4.04. The number of nitrogens with one attached hydrogen (secondary N) is 1. The number of benzene rings is 2. The smallest absolute Gasteiger partial charge is 0.287 e. The summed E-state index contributed by atoms with van der Waals surface area (Å²) in [7, 11) is 1.84. The number of hydrazone groups is 1. The Morgan fingerprint density at radius 2 is 1.93 bits per heavy atom. The summed E-state index contributed by atoms with van der Waals surface area (Å²) in [6, 6.07) is 13.0. The first kappa shape index (κ1) is 19.3. The Hall–Kier alpha value is -2.50. The normalized spacial score (nSPS) is 11.3. The van der Waals surface area contributed by atoms with Crippen molar-refractivity contribution in [3.05, 3.63) is 63.8 Å². The lowest BCUT2D eigenvalue weighted by Crippen LogP contribution is -2.20. The Labute approximate surface area is 167 Å². The first-order valence-electron chi connectivity index (χ1n) is 8.51. The SMILES string of the molecule is CCCOc1c(Cl)cc(/C=N/NC(=O)c2cc3ccccc3n2C)cc1Cl. The zero-order valence-electron chi connectivity index (χ0n) is 15.0. The van der Waals surface area contributed by atoms with E-state index in [1.165, 1.54) is 6.21 Å². The second-order valence-corrected chi connectivity index (χ2v) is 6.82. The first-order valence-corrected chi connectivity index (χ1v) is 9.26. The minimum Gasteiger partial charge on any atom is -0.490 e. The largest absolute Gasteiger partial charge is 0.490 e. The van der Waals surface area contributed by atoms with Gasteiger partial charge in [0.15, 0.2) is 5.75 Å². The number of para-hydroxylation sites is 1. The van der Waals surface area contributed by atoms with Crippen LogP contribution in [0, 0.1) is 0 Å². The number of nitrogens with zero attached hydrogens (tertiary/aromatic N) is 2. The molecule has 0 atom stereocenters. The van der Waals surface area contributed by atoms with Gasteiger partial charge in [-0.2, -0.15) is 5.10 Å². The number of aryl methyl sites for hydroxylation is 1. The van der Waals surface area contributed by atoms with E-state index in [9.17, 15) is 4.79 Å². The number of aromatic nitrogens is 1. The summed E-state index contributed by atoms with van der Waals surface area (Å²) in [5.41, 5.74) is 4.69. The molecule has 0 fully saturated rings. The summed E-state index contributed by atoms with van der Waals surface area (Å²) in [4.78, 5) is 12.4. The monoisotopic (exact) mass is 403 g/mol. The lowest BCUT2D eigenvalue weighted by Gasteiger charge is -2.09. The van der Waals surface area contributed by atoms with Gasteiger partial charge in [0.2, 0.25) is 0 Å². The molecule has 1 heterocycles. The molecule has 140 valence electrons. The second-order valence-electron chi connectivity index (χ2n) is 6.01. The van der Waals surface area contributed by atoms with E-state index in [1.807, 2.05) is 48.9 Å². The molecule has 5 nitrogen and oxygen atoms in total. The van der Waals surface area contributed by atoms with Crippen LogP contribution in [0.25, 0.3) is 10.9 Å². The van der Waals surface area contributed by atoms with Gasteiger partial charge < -0.3 is 9.30 Å². The van der Waals surface area contributed by atoms with Crippen LogP contribution in [-0.2, 0) is 7.05 Å². The van der Waals surface area contributed by atoms with E-state index < -0.39 is 0 Å². The van der Waals surface area contributed by atoms with Crippen molar-refractivity contribution in [1.29, 1.82) is 0 Å². The van der Waals surface area contributed by atoms with Crippen LogP contribution in [0.5, 0.6) is 5.75 Å². The number of halogens is 2. The molecule has 0 saturated carbocycles. The van der Waals surface area contributed by atoms with Crippen molar-refractivity contribution in [2.45, 2.75) is 13.3 Å². The molecule has 0 bridgehead atoms. The predicted molar refractivity (Wildman–Crippen MR) is 110 cm³/mol. The van der Waals surface area contributed by atoms with E-state index in [4.69, 9.17) is 27.9 Å². The average molecular weight is 404 g/mol. The van der Waals surface area contributed by atoms with Gasteiger partial charge in [-0.25, -0.2) is 5.43 Å². The Bertz CT molecular complexity index is 989. The van der Waals surface area contributed by atoms with E-state index >= 15 is 0 Å². The van der Waals surface area contributed by atoms with Crippen LogP contribution < -0.4 is 10.2 Å². The van der Waals surface area contributed by atoms with Gasteiger partial charge in [-0.15, -0.1) is 0 Å². The van der Waals surface area contributed by atoms with Crippen LogP contribution in [0.15, 0.2) is 47.6 Å². The highest BCUT2D eigenvalue weighted by atomic mass is 35.5. The molecule has 3 aromatic rings. The van der Waals surface area contributed by atoms with E-state index in [0.29, 0.717) is 33.7 Å². The molecule has 27 heavy (non-hydrogen) atoms. The molecule has 0 aliphatic rings. The average Bonchev–Trinajstić information content (AvgIpc) is 2.98. The van der Waals surface area contributed by atoms with E-state index in [0.717, 1.165) is 17.3 Å². The number of carbonyl (C=O) groups is 1. The maximum Gasteiger partial charge on any atom is 0.287 e. The molecule has 7 heteroatoms. The summed E-state index contributed by atoms with van der Waals surface area (Å²) >= 11 is 12.4. The van der Waals surface area contributed by atoms with Crippen LogP contribution >= 0.6 is 23.2 Å². The molecule has 0 unspecified atom stereocenters. The molecule has 0 aliphatic heterocycles. The lowest BCUT2D eigenvalue weighted by atomic mass is 10.2. The third-order valence-corrected chi connectivity index (χ3v) is 4.60. The number of rotatable bonds is 6. The van der Waals surface area contributed by atoms with Crippen LogP contribution in [0.2, 0.25) is 10.0 Å². The van der Waals surface area contributed by atoms with Gasteiger partial charge in [-0.1, -0.05) is 48.3 Å². The van der Waals surface area contributed by atoms with Gasteiger partial charge in [0, 0.05) is 18.0 Å². The fraction of sp³-hybridized carbons (Fsp3) is 0.200. The number of carbonyl (C=O) groups excluding carboxylic acids is 1. The van der Waals surface area contributed by atoms with Gasteiger partial charge in [0.1, 0.15) is 5.69 Å². The molecule has 0 saturated heterocycles. The highest BCUT2D eigenvalue weighted by Gasteiger charge is 2.12. The van der Waals surface area contributed by atoms with Crippen molar-refractivity contribution in [2.75, 3.05) is 6.61 Å². The molecule has 2 aromatic carbocycles. The van der Waals surface area contributed by atoms with Crippen molar-refractivity contribution < 1.29 is 9.53 Å². The Balaban J connectivity index is 1.73. The van der Waals surface area contributed by atoms with Crippen molar-refractivity contribution in [3.8, 4) is 5.75 Å². The number of amides is 1. The summed E-state index contributed by atoms with van der Waals surface area (Å²) < 4.78 is 7.36. The highest BCUT2D eigenvalue weighted by Crippen LogP contribution is 2.33. The fourth-order valence-electron chi connectivity index (χ4n) is 2.73. The molecule has 0 spiro atoms. The zero-order chi connectivity index (χ0) is 19.4. The Morgan fingerprint density at radius 3 is 2.59 bits per heavy atom. The first-order chi connectivity index (χ1) is 13.0. The fourth-order valence-corrected chi connectivity index (χ4v) is 3.34. The van der Waals surface area contributed by atoms with E-state index in [2.05, 4.69) is 10.5 Å². The van der Waals surface area contributed by atoms with Crippen LogP contribution in [0.1, 0.15) is 29.4 Å². The number of ether oxygens (including phenoxy) is 1. The molecule has 0 radical (unpaired) electrons. The topological polar surface area (TPSA) is 55.6 Å². The summed E-state index contributed by atoms with van der Waals surface area (Å²) in [6.07, 6.45) is 2.35. The second kappa shape index (κ2) is 8.46.